The van der Waals surface area contributed by atoms with E-state index in [0.29, 0.717) is 15.7 Å². The van der Waals surface area contributed by atoms with Gasteiger partial charge in [0.05, 0.1) is 26.8 Å². The van der Waals surface area contributed by atoms with Crippen LogP contribution in [0.2, 0.25) is 10.0 Å². The summed E-state index contributed by atoms with van der Waals surface area (Å²) in [7, 11) is 0. The monoisotopic (exact) mass is 321 g/mol. The fourth-order valence-electron chi connectivity index (χ4n) is 2.26. The van der Waals surface area contributed by atoms with Crippen molar-refractivity contribution in [3.8, 4) is 0 Å². The molecule has 3 rings (SSSR count). The second-order valence-electron chi connectivity index (χ2n) is 4.85. The summed E-state index contributed by atoms with van der Waals surface area (Å²) in [6.45, 7) is 2.01. The molecule has 6 heteroatoms. The zero-order chi connectivity index (χ0) is 15.0. The Hall–Kier alpha value is -1.91. The lowest BCUT2D eigenvalue weighted by Crippen LogP contribution is -2.07. The fourth-order valence-corrected chi connectivity index (χ4v) is 2.76. The quantitative estimate of drug-likeness (QED) is 0.672. The largest absolute Gasteiger partial charge is 0.376 e. The second-order valence-corrected chi connectivity index (χ2v) is 5.66. The molecule has 0 aliphatic heterocycles. The van der Waals surface area contributed by atoms with E-state index in [0.717, 1.165) is 16.6 Å². The Bertz CT molecular complexity index is 833. The van der Waals surface area contributed by atoms with E-state index >= 15 is 0 Å². The molecule has 0 aliphatic rings. The SMILES string of the molecule is CC(Nc1c(Cl)cccc1Cl)c1ccc2[nH]c(=O)[nH]c2c1. The van der Waals surface area contributed by atoms with Gasteiger partial charge in [0.2, 0.25) is 0 Å². The van der Waals surface area contributed by atoms with Crippen molar-refractivity contribution >= 4 is 39.9 Å². The molecule has 0 bridgehead atoms. The highest BCUT2D eigenvalue weighted by atomic mass is 35.5. The number of H-pyrrole nitrogens is 2. The summed E-state index contributed by atoms with van der Waals surface area (Å²) in [5.41, 5.74) is 3.07. The fraction of sp³-hybridized carbons (Fsp3) is 0.133. The van der Waals surface area contributed by atoms with E-state index in [1.807, 2.05) is 25.1 Å². The van der Waals surface area contributed by atoms with Crippen molar-refractivity contribution in [2.24, 2.45) is 0 Å². The third-order valence-electron chi connectivity index (χ3n) is 3.36. The minimum atomic E-state index is -0.211. The molecule has 0 saturated carbocycles. The Labute approximate surface area is 131 Å². The molecular formula is C15H13Cl2N3O. The average molecular weight is 322 g/mol. The molecular weight excluding hydrogens is 309 g/mol. The molecule has 4 nitrogen and oxygen atoms in total. The average Bonchev–Trinajstić information content (AvgIpc) is 2.81. The van der Waals surface area contributed by atoms with Gasteiger partial charge in [-0.15, -0.1) is 0 Å². The smallest absolute Gasteiger partial charge is 0.323 e. The molecule has 0 aliphatic carbocycles. The molecule has 2 aromatic carbocycles. The normalized spacial score (nSPS) is 12.5. The summed E-state index contributed by atoms with van der Waals surface area (Å²) in [4.78, 5) is 16.8. The van der Waals surface area contributed by atoms with Gasteiger partial charge in [-0.1, -0.05) is 35.3 Å². The van der Waals surface area contributed by atoms with Crippen LogP contribution in [0.1, 0.15) is 18.5 Å². The minimum Gasteiger partial charge on any atom is -0.376 e. The Morgan fingerprint density at radius 2 is 1.71 bits per heavy atom. The molecule has 1 unspecified atom stereocenters. The van der Waals surface area contributed by atoms with Crippen LogP contribution in [-0.2, 0) is 0 Å². The number of halogens is 2. The van der Waals surface area contributed by atoms with E-state index in [2.05, 4.69) is 15.3 Å². The number of nitrogens with one attached hydrogen (secondary N) is 3. The van der Waals surface area contributed by atoms with Crippen LogP contribution in [-0.4, -0.2) is 9.97 Å². The van der Waals surface area contributed by atoms with Gasteiger partial charge in [-0.3, -0.25) is 0 Å². The van der Waals surface area contributed by atoms with Gasteiger partial charge in [-0.25, -0.2) is 4.79 Å². The topological polar surface area (TPSA) is 60.7 Å². The van der Waals surface area contributed by atoms with Crippen LogP contribution in [0.5, 0.6) is 0 Å². The Morgan fingerprint density at radius 1 is 1.05 bits per heavy atom. The summed E-state index contributed by atoms with van der Waals surface area (Å²) in [5, 5.41) is 4.45. The highest BCUT2D eigenvalue weighted by Gasteiger charge is 2.11. The van der Waals surface area contributed by atoms with Crippen LogP contribution in [0.3, 0.4) is 0 Å². The van der Waals surface area contributed by atoms with Crippen LogP contribution in [0.15, 0.2) is 41.2 Å². The summed E-state index contributed by atoms with van der Waals surface area (Å²) in [6, 6.07) is 11.1. The number of fused-ring (bicyclic) bond motifs is 1. The third-order valence-corrected chi connectivity index (χ3v) is 3.99. The van der Waals surface area contributed by atoms with Gasteiger partial charge in [-0.05, 0) is 36.8 Å². The van der Waals surface area contributed by atoms with Crippen molar-refractivity contribution in [3.05, 3.63) is 62.5 Å². The zero-order valence-corrected chi connectivity index (χ0v) is 12.7. The van der Waals surface area contributed by atoms with Crippen LogP contribution in [0, 0.1) is 0 Å². The molecule has 0 radical (unpaired) electrons. The Kier molecular flexibility index (Phi) is 3.66. The summed E-state index contributed by atoms with van der Waals surface area (Å²) in [6.07, 6.45) is 0. The van der Waals surface area contributed by atoms with Gasteiger partial charge in [0, 0.05) is 6.04 Å². The summed E-state index contributed by atoms with van der Waals surface area (Å²) >= 11 is 12.3. The van der Waals surface area contributed by atoms with Crippen molar-refractivity contribution in [1.82, 2.24) is 9.97 Å². The number of aromatic nitrogens is 2. The molecule has 0 saturated heterocycles. The first-order chi connectivity index (χ1) is 10.0. The van der Waals surface area contributed by atoms with Crippen molar-refractivity contribution in [2.75, 3.05) is 5.32 Å². The highest BCUT2D eigenvalue weighted by molar-refractivity contribution is 6.39. The Balaban J connectivity index is 1.93. The first kappa shape index (κ1) is 14.0. The first-order valence-electron chi connectivity index (χ1n) is 6.47. The van der Waals surface area contributed by atoms with Gasteiger partial charge < -0.3 is 15.3 Å². The molecule has 0 amide bonds. The molecule has 1 atom stereocenters. The molecule has 3 N–H and O–H groups in total. The predicted octanol–water partition coefficient (Wildman–Crippen LogP) is 4.34. The van der Waals surface area contributed by atoms with Gasteiger partial charge in [0.25, 0.3) is 0 Å². The maximum atomic E-state index is 11.3. The Morgan fingerprint density at radius 3 is 2.43 bits per heavy atom. The number of aromatic amines is 2. The minimum absolute atomic E-state index is 0.00907. The van der Waals surface area contributed by atoms with Crippen LogP contribution < -0.4 is 11.0 Å². The van der Waals surface area contributed by atoms with Crippen molar-refractivity contribution < 1.29 is 0 Å². The number of hydrogen-bond donors (Lipinski definition) is 3. The standard InChI is InChI=1S/C15H13Cl2N3O/c1-8(18-14-10(16)3-2-4-11(14)17)9-5-6-12-13(7-9)20-15(21)19-12/h2-8,18H,1H3,(H2,19,20,21). The van der Waals surface area contributed by atoms with E-state index in [1.165, 1.54) is 0 Å². The molecule has 1 heterocycles. The van der Waals surface area contributed by atoms with Crippen LogP contribution in [0.4, 0.5) is 5.69 Å². The maximum Gasteiger partial charge on any atom is 0.323 e. The van der Waals surface area contributed by atoms with Gasteiger partial charge >= 0.3 is 5.69 Å². The van der Waals surface area contributed by atoms with Gasteiger partial charge in [-0.2, -0.15) is 0 Å². The number of rotatable bonds is 3. The lowest BCUT2D eigenvalue weighted by molar-refractivity contribution is 0.886. The summed E-state index contributed by atoms with van der Waals surface area (Å²) in [5.74, 6) is 0. The zero-order valence-electron chi connectivity index (χ0n) is 11.2. The number of anilines is 1. The molecule has 0 fully saturated rings. The van der Waals surface area contributed by atoms with E-state index in [9.17, 15) is 4.79 Å². The van der Waals surface area contributed by atoms with E-state index in [-0.39, 0.29) is 11.7 Å². The van der Waals surface area contributed by atoms with Crippen molar-refractivity contribution in [1.29, 1.82) is 0 Å². The molecule has 108 valence electrons. The predicted molar refractivity (Wildman–Crippen MR) is 87.4 cm³/mol. The van der Waals surface area contributed by atoms with E-state index in [1.54, 1.807) is 18.2 Å². The molecule has 1 aromatic heterocycles. The van der Waals surface area contributed by atoms with Gasteiger partial charge in [0.15, 0.2) is 0 Å². The maximum absolute atomic E-state index is 11.3. The second kappa shape index (κ2) is 5.47. The number of para-hydroxylation sites is 1. The molecule has 0 spiro atoms. The van der Waals surface area contributed by atoms with E-state index < -0.39 is 0 Å². The first-order valence-corrected chi connectivity index (χ1v) is 7.22. The van der Waals surface area contributed by atoms with Crippen LogP contribution in [0.25, 0.3) is 11.0 Å². The summed E-state index contributed by atoms with van der Waals surface area (Å²) < 4.78 is 0. The van der Waals surface area contributed by atoms with Crippen molar-refractivity contribution in [3.63, 3.8) is 0 Å². The van der Waals surface area contributed by atoms with Crippen LogP contribution >= 0.6 is 23.2 Å². The lowest BCUT2D eigenvalue weighted by Gasteiger charge is -2.18. The highest BCUT2D eigenvalue weighted by Crippen LogP contribution is 2.33. The van der Waals surface area contributed by atoms with Crippen molar-refractivity contribution in [2.45, 2.75) is 13.0 Å². The third kappa shape index (κ3) is 2.77. The number of imidazole rings is 1. The number of hydrogen-bond acceptors (Lipinski definition) is 2. The van der Waals surface area contributed by atoms with E-state index in [4.69, 9.17) is 23.2 Å². The lowest BCUT2D eigenvalue weighted by atomic mass is 10.1. The molecule has 3 aromatic rings. The molecule has 21 heavy (non-hydrogen) atoms. The van der Waals surface area contributed by atoms with Gasteiger partial charge in [0.1, 0.15) is 0 Å². The number of benzene rings is 2.